The molecule has 2 heterocycles. The molecular weight excluding hydrogens is 296 g/mol. The lowest BCUT2D eigenvalue weighted by atomic mass is 9.90. The molecule has 3 rings (SSSR count). The zero-order chi connectivity index (χ0) is 16.4. The van der Waals surface area contributed by atoms with E-state index in [-0.39, 0.29) is 11.9 Å². The first kappa shape index (κ1) is 16.2. The van der Waals surface area contributed by atoms with Gasteiger partial charge in [-0.3, -0.25) is 9.69 Å². The first-order chi connectivity index (χ1) is 11.1. The van der Waals surface area contributed by atoms with E-state index in [0.29, 0.717) is 25.3 Å². The third kappa shape index (κ3) is 3.20. The highest BCUT2D eigenvalue weighted by Gasteiger charge is 2.30. The summed E-state index contributed by atoms with van der Waals surface area (Å²) in [7, 11) is 1.62. The average Bonchev–Trinajstić information content (AvgIpc) is 2.55. The average molecular weight is 320 g/mol. The van der Waals surface area contributed by atoms with E-state index in [9.17, 15) is 9.90 Å². The summed E-state index contributed by atoms with van der Waals surface area (Å²) in [5.74, 6) is 0.733. The molecule has 2 aliphatic heterocycles. The lowest BCUT2D eigenvalue weighted by Crippen LogP contribution is -2.44. The number of carbonyl (C=O) groups excluding carboxylic acids is 1. The molecule has 2 unspecified atom stereocenters. The van der Waals surface area contributed by atoms with Crippen molar-refractivity contribution in [2.45, 2.75) is 38.5 Å². The summed E-state index contributed by atoms with van der Waals surface area (Å²) in [5.41, 5.74) is 3.16. The number of amides is 1. The summed E-state index contributed by atoms with van der Waals surface area (Å²) in [6.45, 7) is 3.98. The van der Waals surface area contributed by atoms with Crippen LogP contribution < -0.4 is 10.1 Å². The van der Waals surface area contributed by atoms with E-state index in [2.05, 4.69) is 23.2 Å². The van der Waals surface area contributed by atoms with E-state index in [1.54, 1.807) is 7.11 Å². The number of nitrogens with zero attached hydrogens (tertiary/aromatic N) is 1. The zero-order valence-electron chi connectivity index (χ0n) is 13.7. The van der Waals surface area contributed by atoms with Crippen molar-refractivity contribution in [1.29, 1.82) is 0 Å². The Morgan fingerprint density at radius 3 is 3.00 bits per heavy atom. The Kier molecular flexibility index (Phi) is 4.84. The molecule has 6 nitrogen and oxygen atoms in total. The molecule has 0 spiro atoms. The number of methoxy groups -OCH3 is 1. The molecule has 23 heavy (non-hydrogen) atoms. The number of β-amino-alcohol motifs (C(OH)–C–C–N with tert-alkyl or cyclic N) is 1. The van der Waals surface area contributed by atoms with Crippen molar-refractivity contribution in [2.75, 3.05) is 32.1 Å². The number of rotatable bonds is 4. The van der Waals surface area contributed by atoms with Crippen LogP contribution >= 0.6 is 0 Å². The molecule has 1 amide bonds. The van der Waals surface area contributed by atoms with Gasteiger partial charge >= 0.3 is 0 Å². The fourth-order valence-electron chi connectivity index (χ4n) is 3.58. The van der Waals surface area contributed by atoms with Crippen LogP contribution in [0.5, 0.6) is 5.75 Å². The third-order valence-corrected chi connectivity index (χ3v) is 4.66. The molecule has 1 fully saturated rings. The largest absolute Gasteiger partial charge is 0.495 e. The van der Waals surface area contributed by atoms with E-state index in [1.807, 2.05) is 6.07 Å². The maximum absolute atomic E-state index is 11.8. The summed E-state index contributed by atoms with van der Waals surface area (Å²) in [6, 6.07) is 4.20. The molecule has 0 radical (unpaired) electrons. The number of benzene rings is 1. The monoisotopic (exact) mass is 320 g/mol. The molecule has 1 saturated heterocycles. The van der Waals surface area contributed by atoms with Crippen molar-refractivity contribution in [3.05, 3.63) is 23.3 Å². The van der Waals surface area contributed by atoms with Crippen molar-refractivity contribution in [3.8, 4) is 5.75 Å². The molecular formula is C17H24N2O4. The topological polar surface area (TPSA) is 71.0 Å². The Morgan fingerprint density at radius 1 is 1.48 bits per heavy atom. The van der Waals surface area contributed by atoms with Crippen LogP contribution in [0.4, 0.5) is 5.69 Å². The Labute approximate surface area is 136 Å². The number of hydrogen-bond acceptors (Lipinski definition) is 5. The summed E-state index contributed by atoms with van der Waals surface area (Å²) in [5, 5.41) is 12.7. The predicted molar refractivity (Wildman–Crippen MR) is 86.5 cm³/mol. The van der Waals surface area contributed by atoms with Crippen LogP contribution in [-0.2, 0) is 16.0 Å². The Hall–Kier alpha value is -1.63. The number of aliphatic hydroxyl groups excluding tert-OH is 1. The second-order valence-electron chi connectivity index (χ2n) is 6.00. The van der Waals surface area contributed by atoms with Gasteiger partial charge in [-0.05, 0) is 30.0 Å². The summed E-state index contributed by atoms with van der Waals surface area (Å²) in [4.78, 5) is 14.0. The third-order valence-electron chi connectivity index (χ3n) is 4.66. The van der Waals surface area contributed by atoms with Crippen LogP contribution in [0.1, 0.15) is 36.9 Å². The summed E-state index contributed by atoms with van der Waals surface area (Å²) < 4.78 is 10.6. The number of morpholine rings is 1. The first-order valence-corrected chi connectivity index (χ1v) is 8.17. The van der Waals surface area contributed by atoms with E-state index in [1.165, 1.54) is 5.56 Å². The van der Waals surface area contributed by atoms with Gasteiger partial charge in [-0.25, -0.2) is 0 Å². The highest BCUT2D eigenvalue weighted by molar-refractivity contribution is 5.96. The van der Waals surface area contributed by atoms with E-state index >= 15 is 0 Å². The van der Waals surface area contributed by atoms with Gasteiger partial charge in [0.1, 0.15) is 5.75 Å². The van der Waals surface area contributed by atoms with E-state index < -0.39 is 6.29 Å². The van der Waals surface area contributed by atoms with E-state index in [4.69, 9.17) is 9.47 Å². The number of hydrogen-bond donors (Lipinski definition) is 2. The van der Waals surface area contributed by atoms with Crippen molar-refractivity contribution in [3.63, 3.8) is 0 Å². The molecule has 0 aromatic heterocycles. The molecule has 6 heteroatoms. The van der Waals surface area contributed by atoms with Crippen molar-refractivity contribution < 1.29 is 19.4 Å². The van der Waals surface area contributed by atoms with Gasteiger partial charge in [-0.15, -0.1) is 0 Å². The SMILES string of the molecule is CCC(c1ccc(OC)c2c1CCC(=O)N2)N1CCOC(O)C1. The zero-order valence-corrected chi connectivity index (χ0v) is 13.7. The molecule has 1 aromatic rings. The lowest BCUT2D eigenvalue weighted by Gasteiger charge is -2.38. The van der Waals surface area contributed by atoms with Crippen LogP contribution in [0, 0.1) is 0 Å². The van der Waals surface area contributed by atoms with Crippen molar-refractivity contribution in [2.24, 2.45) is 0 Å². The van der Waals surface area contributed by atoms with Crippen LogP contribution in [-0.4, -0.2) is 49.0 Å². The molecule has 0 bridgehead atoms. The van der Waals surface area contributed by atoms with Gasteiger partial charge in [0.15, 0.2) is 6.29 Å². The van der Waals surface area contributed by atoms with Gasteiger partial charge in [0.05, 0.1) is 19.4 Å². The normalized spacial score (nSPS) is 23.1. The van der Waals surface area contributed by atoms with Crippen LogP contribution in [0.25, 0.3) is 0 Å². The molecule has 2 atom stereocenters. The number of aliphatic hydroxyl groups is 1. The van der Waals surface area contributed by atoms with Gasteiger partial charge in [0.2, 0.25) is 5.91 Å². The van der Waals surface area contributed by atoms with Gasteiger partial charge in [0.25, 0.3) is 0 Å². The Bertz CT molecular complexity index is 590. The molecule has 126 valence electrons. The predicted octanol–water partition coefficient (Wildman–Crippen LogP) is 1.68. The number of nitrogens with one attached hydrogen (secondary N) is 1. The molecule has 2 aliphatic rings. The maximum Gasteiger partial charge on any atom is 0.224 e. The standard InChI is InChI=1S/C17H24N2O4/c1-3-13(19-8-9-23-16(21)10-19)11-4-6-14(22-2)17-12(11)5-7-15(20)18-17/h4,6,13,16,21H,3,5,7-10H2,1-2H3,(H,18,20). The molecule has 2 N–H and O–H groups in total. The van der Waals surface area contributed by atoms with Crippen molar-refractivity contribution in [1.82, 2.24) is 4.90 Å². The van der Waals surface area contributed by atoms with Crippen LogP contribution in [0.2, 0.25) is 0 Å². The van der Waals surface area contributed by atoms with Crippen LogP contribution in [0.15, 0.2) is 12.1 Å². The second kappa shape index (κ2) is 6.86. The fraction of sp³-hybridized carbons (Fsp3) is 0.588. The smallest absolute Gasteiger partial charge is 0.224 e. The molecule has 0 aliphatic carbocycles. The summed E-state index contributed by atoms with van der Waals surface area (Å²) >= 11 is 0. The minimum atomic E-state index is -0.730. The quantitative estimate of drug-likeness (QED) is 0.883. The lowest BCUT2D eigenvalue weighted by molar-refractivity contribution is -0.153. The Balaban J connectivity index is 1.97. The van der Waals surface area contributed by atoms with E-state index in [0.717, 1.165) is 30.6 Å². The van der Waals surface area contributed by atoms with Crippen molar-refractivity contribution >= 4 is 11.6 Å². The molecule has 1 aromatic carbocycles. The van der Waals surface area contributed by atoms with Gasteiger partial charge in [0, 0.05) is 25.6 Å². The highest BCUT2D eigenvalue weighted by Crippen LogP contribution is 2.39. The second-order valence-corrected chi connectivity index (χ2v) is 6.00. The number of anilines is 1. The number of fused-ring (bicyclic) bond motifs is 1. The maximum atomic E-state index is 11.8. The first-order valence-electron chi connectivity index (χ1n) is 8.17. The van der Waals surface area contributed by atoms with Gasteiger partial charge in [-0.2, -0.15) is 0 Å². The summed E-state index contributed by atoms with van der Waals surface area (Å²) in [6.07, 6.45) is 1.41. The van der Waals surface area contributed by atoms with Crippen LogP contribution in [0.3, 0.4) is 0 Å². The van der Waals surface area contributed by atoms with Gasteiger partial charge < -0.3 is 19.9 Å². The minimum absolute atomic E-state index is 0.0304. The fourth-order valence-corrected chi connectivity index (χ4v) is 3.58. The Morgan fingerprint density at radius 2 is 2.30 bits per heavy atom. The minimum Gasteiger partial charge on any atom is -0.495 e. The number of ether oxygens (including phenoxy) is 2. The van der Waals surface area contributed by atoms with Gasteiger partial charge in [-0.1, -0.05) is 13.0 Å². The number of carbonyl (C=O) groups is 1. The highest BCUT2D eigenvalue weighted by atomic mass is 16.6. The molecule has 0 saturated carbocycles.